The van der Waals surface area contributed by atoms with Crippen molar-refractivity contribution in [3.05, 3.63) is 59.7 Å². The van der Waals surface area contributed by atoms with Crippen molar-refractivity contribution in [3.8, 4) is 0 Å². The van der Waals surface area contributed by atoms with E-state index in [2.05, 4.69) is 0 Å². The van der Waals surface area contributed by atoms with Crippen LogP contribution in [0.15, 0.2) is 53.4 Å². The van der Waals surface area contributed by atoms with E-state index < -0.39 is 28.5 Å². The lowest BCUT2D eigenvalue weighted by atomic mass is 10.1. The predicted octanol–water partition coefficient (Wildman–Crippen LogP) is 2.54. The third-order valence-electron chi connectivity index (χ3n) is 3.89. The summed E-state index contributed by atoms with van der Waals surface area (Å²) in [4.78, 5) is 24.1. The molecule has 0 heterocycles. The molecule has 144 valence electrons. The van der Waals surface area contributed by atoms with Crippen LogP contribution < -0.4 is 4.31 Å². The van der Waals surface area contributed by atoms with Gasteiger partial charge in [0, 0.05) is 0 Å². The minimum atomic E-state index is -4.06. The Hall–Kier alpha value is -2.87. The van der Waals surface area contributed by atoms with E-state index >= 15 is 0 Å². The second-order valence-corrected chi connectivity index (χ2v) is 7.43. The fourth-order valence-corrected chi connectivity index (χ4v) is 4.06. The lowest BCUT2D eigenvalue weighted by Gasteiger charge is -2.25. The Labute approximate surface area is 158 Å². The maximum Gasteiger partial charge on any atom is 0.338 e. The highest BCUT2D eigenvalue weighted by Gasteiger charge is 2.29. The lowest BCUT2D eigenvalue weighted by molar-refractivity contribution is -0.141. The van der Waals surface area contributed by atoms with Gasteiger partial charge in [-0.25, -0.2) is 13.2 Å². The molecule has 0 fully saturated rings. The third kappa shape index (κ3) is 4.46. The lowest BCUT2D eigenvalue weighted by Crippen LogP contribution is -2.37. The zero-order chi connectivity index (χ0) is 20.0. The highest BCUT2D eigenvalue weighted by Crippen LogP contribution is 2.29. The Morgan fingerprint density at radius 1 is 1.04 bits per heavy atom. The van der Waals surface area contributed by atoms with Gasteiger partial charge in [-0.1, -0.05) is 24.3 Å². The van der Waals surface area contributed by atoms with Gasteiger partial charge in [0.15, 0.2) is 0 Å². The molecule has 0 aliphatic carbocycles. The van der Waals surface area contributed by atoms with Gasteiger partial charge >= 0.3 is 11.9 Å². The number of hydrogen-bond donors (Lipinski definition) is 0. The number of rotatable bonds is 7. The quantitative estimate of drug-likeness (QED) is 0.674. The van der Waals surface area contributed by atoms with Crippen LogP contribution in [0.1, 0.15) is 22.8 Å². The van der Waals surface area contributed by atoms with Crippen LogP contribution in [0.2, 0.25) is 0 Å². The Kier molecular flexibility index (Phi) is 6.57. The number of hydrogen-bond acceptors (Lipinski definition) is 6. The average molecular weight is 391 g/mol. The summed E-state index contributed by atoms with van der Waals surface area (Å²) < 4.78 is 37.0. The fraction of sp³-hybridized carbons (Fsp3) is 0.263. The van der Waals surface area contributed by atoms with Crippen molar-refractivity contribution in [1.29, 1.82) is 0 Å². The van der Waals surface area contributed by atoms with Crippen molar-refractivity contribution >= 4 is 27.6 Å². The minimum Gasteiger partial charge on any atom is -0.465 e. The van der Waals surface area contributed by atoms with Crippen molar-refractivity contribution in [2.45, 2.75) is 18.7 Å². The molecule has 2 rings (SSSR count). The number of ether oxygens (including phenoxy) is 2. The van der Waals surface area contributed by atoms with Crippen LogP contribution in [0.5, 0.6) is 0 Å². The molecule has 0 spiro atoms. The first-order valence-corrected chi connectivity index (χ1v) is 9.68. The van der Waals surface area contributed by atoms with E-state index in [1.54, 1.807) is 32.0 Å². The molecule has 0 amide bonds. The molecule has 2 aromatic carbocycles. The summed E-state index contributed by atoms with van der Waals surface area (Å²) in [7, 11) is -2.82. The smallest absolute Gasteiger partial charge is 0.338 e. The van der Waals surface area contributed by atoms with Crippen molar-refractivity contribution in [3.63, 3.8) is 0 Å². The first kappa shape index (κ1) is 20.4. The second kappa shape index (κ2) is 8.68. The van der Waals surface area contributed by atoms with Gasteiger partial charge in [0.25, 0.3) is 10.0 Å². The summed E-state index contributed by atoms with van der Waals surface area (Å²) in [5.74, 6) is -1.29. The minimum absolute atomic E-state index is 0.0252. The summed E-state index contributed by atoms with van der Waals surface area (Å²) in [6.45, 7) is 2.84. The van der Waals surface area contributed by atoms with Gasteiger partial charge in [-0.15, -0.1) is 0 Å². The van der Waals surface area contributed by atoms with E-state index in [0.29, 0.717) is 5.56 Å². The Bertz CT molecular complexity index is 924. The van der Waals surface area contributed by atoms with Gasteiger partial charge in [-0.3, -0.25) is 9.10 Å². The van der Waals surface area contributed by atoms with Crippen molar-refractivity contribution in [1.82, 2.24) is 0 Å². The first-order chi connectivity index (χ1) is 12.8. The van der Waals surface area contributed by atoms with Crippen molar-refractivity contribution in [2.24, 2.45) is 0 Å². The Balaban J connectivity index is 2.61. The Morgan fingerprint density at radius 2 is 1.70 bits per heavy atom. The molecule has 0 aliphatic rings. The van der Waals surface area contributed by atoms with Crippen molar-refractivity contribution < 1.29 is 27.5 Å². The molecule has 0 atom stereocenters. The number of benzene rings is 2. The van der Waals surface area contributed by atoms with Gasteiger partial charge in [-0.05, 0) is 43.7 Å². The number of esters is 2. The van der Waals surface area contributed by atoms with Crippen LogP contribution in [-0.2, 0) is 24.3 Å². The number of carbonyl (C=O) groups excluding carboxylic acids is 2. The zero-order valence-electron chi connectivity index (χ0n) is 15.3. The standard InChI is InChI=1S/C19H21NO6S/c1-4-26-18(21)13-20(27(23,24)15-9-6-5-7-10-15)17-12-8-11-16(14(17)2)19(22)25-3/h5-12H,4,13H2,1-3H3. The van der Waals surface area contributed by atoms with E-state index in [4.69, 9.17) is 9.47 Å². The molecule has 27 heavy (non-hydrogen) atoms. The van der Waals surface area contributed by atoms with E-state index in [-0.39, 0.29) is 22.8 Å². The largest absolute Gasteiger partial charge is 0.465 e. The van der Waals surface area contributed by atoms with E-state index in [9.17, 15) is 18.0 Å². The van der Waals surface area contributed by atoms with Crippen LogP contribution in [0, 0.1) is 6.92 Å². The average Bonchev–Trinajstić information content (AvgIpc) is 2.67. The number of methoxy groups -OCH3 is 1. The molecular formula is C19H21NO6S. The van der Waals surface area contributed by atoms with Gasteiger partial charge in [-0.2, -0.15) is 0 Å². The maximum absolute atomic E-state index is 13.2. The summed E-state index contributed by atoms with van der Waals surface area (Å²) in [6, 6.07) is 12.3. The van der Waals surface area contributed by atoms with E-state index in [1.807, 2.05) is 0 Å². The van der Waals surface area contributed by atoms with Gasteiger partial charge in [0.05, 0.1) is 29.9 Å². The van der Waals surface area contributed by atoms with Crippen LogP contribution in [-0.4, -0.2) is 40.6 Å². The highest BCUT2D eigenvalue weighted by molar-refractivity contribution is 7.92. The molecule has 0 bridgehead atoms. The molecular weight excluding hydrogens is 370 g/mol. The maximum atomic E-state index is 13.2. The molecule has 2 aromatic rings. The number of carbonyl (C=O) groups is 2. The van der Waals surface area contributed by atoms with E-state index in [1.165, 1.54) is 37.4 Å². The SMILES string of the molecule is CCOC(=O)CN(c1cccc(C(=O)OC)c1C)S(=O)(=O)c1ccccc1. The fourth-order valence-electron chi connectivity index (χ4n) is 2.57. The van der Waals surface area contributed by atoms with Crippen molar-refractivity contribution in [2.75, 3.05) is 24.6 Å². The van der Waals surface area contributed by atoms with Crippen LogP contribution >= 0.6 is 0 Å². The molecule has 8 heteroatoms. The summed E-state index contributed by atoms with van der Waals surface area (Å²) in [5, 5.41) is 0. The second-order valence-electron chi connectivity index (χ2n) is 5.57. The number of sulfonamides is 1. The topological polar surface area (TPSA) is 90.0 Å². The first-order valence-electron chi connectivity index (χ1n) is 8.24. The molecule has 0 saturated carbocycles. The van der Waals surface area contributed by atoms with Gasteiger partial charge in [0.1, 0.15) is 6.54 Å². The normalized spacial score (nSPS) is 10.9. The molecule has 0 saturated heterocycles. The van der Waals surface area contributed by atoms with E-state index in [0.717, 1.165) is 4.31 Å². The number of anilines is 1. The molecule has 0 aliphatic heterocycles. The number of nitrogens with zero attached hydrogens (tertiary/aromatic N) is 1. The monoisotopic (exact) mass is 391 g/mol. The molecule has 0 radical (unpaired) electrons. The molecule has 0 unspecified atom stereocenters. The van der Waals surface area contributed by atoms with Crippen LogP contribution in [0.3, 0.4) is 0 Å². The molecule has 0 aromatic heterocycles. The summed E-state index contributed by atoms with van der Waals surface area (Å²) in [6.07, 6.45) is 0. The zero-order valence-corrected chi connectivity index (χ0v) is 16.2. The molecule has 7 nitrogen and oxygen atoms in total. The van der Waals surface area contributed by atoms with Gasteiger partial charge in [0.2, 0.25) is 0 Å². The molecule has 0 N–H and O–H groups in total. The Morgan fingerprint density at radius 3 is 2.30 bits per heavy atom. The van der Waals surface area contributed by atoms with Gasteiger partial charge < -0.3 is 9.47 Å². The predicted molar refractivity (Wildman–Crippen MR) is 100 cm³/mol. The summed E-state index contributed by atoms with van der Waals surface area (Å²) in [5.41, 5.74) is 0.801. The van der Waals surface area contributed by atoms with Crippen LogP contribution in [0.4, 0.5) is 5.69 Å². The van der Waals surface area contributed by atoms with Crippen LogP contribution in [0.25, 0.3) is 0 Å². The summed E-state index contributed by atoms with van der Waals surface area (Å²) >= 11 is 0. The third-order valence-corrected chi connectivity index (χ3v) is 5.66. The highest BCUT2D eigenvalue weighted by atomic mass is 32.2.